The maximum absolute atomic E-state index is 5.47. The lowest BCUT2D eigenvalue weighted by molar-refractivity contribution is 0.0113. The molecule has 2 heterocycles. The van der Waals surface area contributed by atoms with Gasteiger partial charge in [0.1, 0.15) is 0 Å². The zero-order valence-electron chi connectivity index (χ0n) is 15.3. The van der Waals surface area contributed by atoms with E-state index in [4.69, 9.17) is 4.74 Å². The third-order valence-electron chi connectivity index (χ3n) is 4.74. The standard InChI is InChI=1S/C19H33N3O/c1-5-17(2)22(14-18-6-8-20-9-7-18)16-19(3,4)15-21-10-12-23-13-11-21/h6-9,17H,5,10-16H2,1-4H3/t17-/m0/s1. The molecule has 23 heavy (non-hydrogen) atoms. The summed E-state index contributed by atoms with van der Waals surface area (Å²) >= 11 is 0. The van der Waals surface area contributed by atoms with Crippen molar-refractivity contribution in [3.8, 4) is 0 Å². The topological polar surface area (TPSA) is 28.6 Å². The third-order valence-corrected chi connectivity index (χ3v) is 4.74. The largest absolute Gasteiger partial charge is 0.379 e. The predicted molar refractivity (Wildman–Crippen MR) is 95.4 cm³/mol. The first kappa shape index (κ1) is 18.4. The molecule has 4 nitrogen and oxygen atoms in total. The minimum atomic E-state index is 0.272. The SMILES string of the molecule is CC[C@H](C)N(Cc1ccncc1)CC(C)(C)CN1CCOCC1. The number of ether oxygens (including phenoxy) is 1. The number of hydrogen-bond donors (Lipinski definition) is 0. The van der Waals surface area contributed by atoms with Crippen LogP contribution in [0, 0.1) is 5.41 Å². The summed E-state index contributed by atoms with van der Waals surface area (Å²) in [5.41, 5.74) is 1.62. The average molecular weight is 319 g/mol. The molecule has 130 valence electrons. The Hall–Kier alpha value is -0.970. The quantitative estimate of drug-likeness (QED) is 0.736. The van der Waals surface area contributed by atoms with Crippen LogP contribution < -0.4 is 0 Å². The van der Waals surface area contributed by atoms with Gasteiger partial charge in [0.2, 0.25) is 0 Å². The number of rotatable bonds is 8. The zero-order valence-corrected chi connectivity index (χ0v) is 15.3. The van der Waals surface area contributed by atoms with Crippen molar-refractivity contribution in [2.45, 2.75) is 46.7 Å². The maximum Gasteiger partial charge on any atom is 0.0594 e. The Balaban J connectivity index is 1.97. The number of pyridine rings is 1. The van der Waals surface area contributed by atoms with E-state index in [9.17, 15) is 0 Å². The fraction of sp³-hybridized carbons (Fsp3) is 0.737. The van der Waals surface area contributed by atoms with Gasteiger partial charge in [0.15, 0.2) is 0 Å². The molecule has 0 amide bonds. The van der Waals surface area contributed by atoms with Crippen LogP contribution in [0.3, 0.4) is 0 Å². The van der Waals surface area contributed by atoms with Gasteiger partial charge < -0.3 is 4.74 Å². The molecule has 0 N–H and O–H groups in total. The smallest absolute Gasteiger partial charge is 0.0594 e. The van der Waals surface area contributed by atoms with E-state index in [-0.39, 0.29) is 5.41 Å². The zero-order chi connectivity index (χ0) is 16.7. The van der Waals surface area contributed by atoms with Crippen LogP contribution in [-0.4, -0.2) is 60.2 Å². The highest BCUT2D eigenvalue weighted by Crippen LogP contribution is 2.23. The van der Waals surface area contributed by atoms with Crippen LogP contribution in [0.5, 0.6) is 0 Å². The summed E-state index contributed by atoms with van der Waals surface area (Å²) in [5, 5.41) is 0. The van der Waals surface area contributed by atoms with Crippen molar-refractivity contribution in [2.24, 2.45) is 5.41 Å². The molecule has 0 unspecified atom stereocenters. The van der Waals surface area contributed by atoms with Crippen LogP contribution in [0.25, 0.3) is 0 Å². The Kier molecular flexibility index (Phi) is 7.00. The van der Waals surface area contributed by atoms with E-state index >= 15 is 0 Å². The molecule has 0 aliphatic carbocycles. The van der Waals surface area contributed by atoms with Crippen molar-refractivity contribution in [2.75, 3.05) is 39.4 Å². The molecule has 0 spiro atoms. The molecule has 0 aromatic carbocycles. The summed E-state index contributed by atoms with van der Waals surface area (Å²) < 4.78 is 5.47. The summed E-state index contributed by atoms with van der Waals surface area (Å²) in [4.78, 5) is 9.30. The van der Waals surface area contributed by atoms with Crippen LogP contribution in [-0.2, 0) is 11.3 Å². The van der Waals surface area contributed by atoms with Crippen molar-refractivity contribution >= 4 is 0 Å². The van der Waals surface area contributed by atoms with Crippen molar-refractivity contribution in [3.63, 3.8) is 0 Å². The van der Waals surface area contributed by atoms with Gasteiger partial charge in [0, 0.05) is 51.2 Å². The molecule has 0 radical (unpaired) electrons. The second-order valence-corrected chi connectivity index (χ2v) is 7.57. The molecule has 1 aromatic heterocycles. The first-order valence-electron chi connectivity index (χ1n) is 8.93. The summed E-state index contributed by atoms with van der Waals surface area (Å²) in [6.07, 6.45) is 4.96. The van der Waals surface area contributed by atoms with Crippen LogP contribution >= 0.6 is 0 Å². The van der Waals surface area contributed by atoms with Gasteiger partial charge in [-0.25, -0.2) is 0 Å². The molecular weight excluding hydrogens is 286 g/mol. The predicted octanol–water partition coefficient (Wildman–Crippen LogP) is 3.04. The average Bonchev–Trinajstić information content (AvgIpc) is 2.54. The van der Waals surface area contributed by atoms with Crippen LogP contribution in [0.2, 0.25) is 0 Å². The van der Waals surface area contributed by atoms with Gasteiger partial charge in [-0.2, -0.15) is 0 Å². The van der Waals surface area contributed by atoms with Crippen molar-refractivity contribution in [1.82, 2.24) is 14.8 Å². The van der Waals surface area contributed by atoms with E-state index in [1.165, 1.54) is 12.0 Å². The molecule has 4 heteroatoms. The third kappa shape index (κ3) is 6.21. The fourth-order valence-electron chi connectivity index (χ4n) is 3.31. The van der Waals surface area contributed by atoms with E-state index in [0.29, 0.717) is 6.04 Å². The molecule has 0 bridgehead atoms. The highest BCUT2D eigenvalue weighted by atomic mass is 16.5. The number of morpholine rings is 1. The van der Waals surface area contributed by atoms with Crippen molar-refractivity contribution in [1.29, 1.82) is 0 Å². The van der Waals surface area contributed by atoms with E-state index in [1.807, 2.05) is 12.4 Å². The number of aromatic nitrogens is 1. The fourth-order valence-corrected chi connectivity index (χ4v) is 3.31. The van der Waals surface area contributed by atoms with Crippen LogP contribution in [0.1, 0.15) is 39.7 Å². The molecule has 1 aromatic rings. The molecule has 1 aliphatic rings. The van der Waals surface area contributed by atoms with Crippen molar-refractivity contribution in [3.05, 3.63) is 30.1 Å². The molecule has 1 atom stereocenters. The Morgan fingerprint density at radius 2 is 1.91 bits per heavy atom. The lowest BCUT2D eigenvalue weighted by atomic mass is 9.90. The minimum Gasteiger partial charge on any atom is -0.379 e. The second kappa shape index (κ2) is 8.76. The second-order valence-electron chi connectivity index (χ2n) is 7.57. The summed E-state index contributed by atoms with van der Waals surface area (Å²) in [7, 11) is 0. The first-order chi connectivity index (χ1) is 11.0. The summed E-state index contributed by atoms with van der Waals surface area (Å²) in [6, 6.07) is 4.85. The number of nitrogens with zero attached hydrogens (tertiary/aromatic N) is 3. The van der Waals surface area contributed by atoms with Gasteiger partial charge >= 0.3 is 0 Å². The lowest BCUT2D eigenvalue weighted by Gasteiger charge is -2.40. The van der Waals surface area contributed by atoms with E-state index < -0.39 is 0 Å². The summed E-state index contributed by atoms with van der Waals surface area (Å²) in [5.74, 6) is 0. The lowest BCUT2D eigenvalue weighted by Crippen LogP contribution is -2.47. The highest BCUT2D eigenvalue weighted by Gasteiger charge is 2.27. The minimum absolute atomic E-state index is 0.272. The van der Waals surface area contributed by atoms with Crippen LogP contribution in [0.4, 0.5) is 0 Å². The van der Waals surface area contributed by atoms with Gasteiger partial charge in [-0.3, -0.25) is 14.8 Å². The van der Waals surface area contributed by atoms with Gasteiger partial charge in [0.05, 0.1) is 13.2 Å². The van der Waals surface area contributed by atoms with Gasteiger partial charge in [-0.1, -0.05) is 20.8 Å². The normalized spacial score (nSPS) is 18.3. The molecule has 0 saturated carbocycles. The molecule has 1 aliphatic heterocycles. The Morgan fingerprint density at radius 1 is 1.26 bits per heavy atom. The molecule has 1 fully saturated rings. The Labute approximate surface area is 141 Å². The first-order valence-corrected chi connectivity index (χ1v) is 8.93. The Bertz CT molecular complexity index is 443. The Morgan fingerprint density at radius 3 is 2.52 bits per heavy atom. The molecule has 1 saturated heterocycles. The monoisotopic (exact) mass is 319 g/mol. The van der Waals surface area contributed by atoms with Gasteiger partial charge in [-0.05, 0) is 36.5 Å². The maximum atomic E-state index is 5.47. The molecular formula is C19H33N3O. The van der Waals surface area contributed by atoms with Crippen LogP contribution in [0.15, 0.2) is 24.5 Å². The van der Waals surface area contributed by atoms with Crippen molar-refractivity contribution < 1.29 is 4.74 Å². The van der Waals surface area contributed by atoms with E-state index in [2.05, 4.69) is 54.6 Å². The van der Waals surface area contributed by atoms with E-state index in [1.54, 1.807) is 0 Å². The summed E-state index contributed by atoms with van der Waals surface area (Å²) in [6.45, 7) is 16.5. The highest BCUT2D eigenvalue weighted by molar-refractivity contribution is 5.09. The van der Waals surface area contributed by atoms with Gasteiger partial charge in [-0.15, -0.1) is 0 Å². The number of hydrogen-bond acceptors (Lipinski definition) is 4. The van der Waals surface area contributed by atoms with E-state index in [0.717, 1.165) is 45.9 Å². The van der Waals surface area contributed by atoms with Gasteiger partial charge in [0.25, 0.3) is 0 Å². The molecule has 2 rings (SSSR count).